The predicted molar refractivity (Wildman–Crippen MR) is 252 cm³/mol. The Labute approximate surface area is 347 Å². The number of fused-ring (bicyclic) bond motifs is 9. The second-order valence-corrected chi connectivity index (χ2v) is 16.6. The average Bonchev–Trinajstić information content (AvgIpc) is 3.83. The van der Waals surface area contributed by atoms with E-state index in [0.29, 0.717) is 0 Å². The number of hydrogen-bond acceptors (Lipinski definition) is 2. The Kier molecular flexibility index (Phi) is 7.69. The maximum absolute atomic E-state index is 2.48. The molecule has 59 heavy (non-hydrogen) atoms. The highest BCUT2D eigenvalue weighted by Gasteiger charge is 2.46. The van der Waals surface area contributed by atoms with Gasteiger partial charge in [0.25, 0.3) is 0 Å². The van der Waals surface area contributed by atoms with Crippen LogP contribution in [0.1, 0.15) is 22.3 Å². The van der Waals surface area contributed by atoms with E-state index in [4.69, 9.17) is 0 Å². The molecule has 0 atom stereocenters. The largest absolute Gasteiger partial charge is 0.309 e. The van der Waals surface area contributed by atoms with E-state index in [1.807, 2.05) is 11.3 Å². The number of nitrogens with zero attached hydrogens (tertiary/aromatic N) is 1. The number of anilines is 3. The van der Waals surface area contributed by atoms with Gasteiger partial charge in [0, 0.05) is 42.0 Å². The molecule has 2 heteroatoms. The average molecular weight is 768 g/mol. The molecule has 12 rings (SSSR count). The first-order chi connectivity index (χ1) is 29.3. The summed E-state index contributed by atoms with van der Waals surface area (Å²) >= 11 is 1.90. The van der Waals surface area contributed by atoms with Crippen LogP contribution in [-0.4, -0.2) is 0 Å². The summed E-state index contributed by atoms with van der Waals surface area (Å²) < 4.78 is 2.61. The van der Waals surface area contributed by atoms with Gasteiger partial charge >= 0.3 is 0 Å². The SMILES string of the molecule is c1ccc(N(c2cccc3ccccc23)c2cc3c4cc(-c5ccc6c(c5)C(c5ccccc5)(c5ccccc5)c5ccccc5-6)ccc4sc3c3ccccc23)cc1. The standard InChI is InChI=1S/C57H37NS/c1-4-19-41(20-5-1)57(42-21-6-2-7-22-42)51-29-15-14-26-45(51)46-33-31-40(36-52(46)57)39-32-34-55-49(35-39)50-37-54(47-27-12-13-28-48(47)56(50)59-55)58(43-23-8-3-9-24-43)53-30-16-18-38-17-10-11-25-44(38)53/h1-37H. The second-order valence-electron chi connectivity index (χ2n) is 15.6. The molecule has 0 spiro atoms. The topological polar surface area (TPSA) is 3.24 Å². The Morgan fingerprint density at radius 3 is 1.73 bits per heavy atom. The molecule has 0 amide bonds. The Balaban J connectivity index is 1.09. The van der Waals surface area contributed by atoms with Crippen molar-refractivity contribution in [1.29, 1.82) is 0 Å². The van der Waals surface area contributed by atoms with Crippen molar-refractivity contribution < 1.29 is 0 Å². The van der Waals surface area contributed by atoms with Crippen LogP contribution in [0.15, 0.2) is 224 Å². The van der Waals surface area contributed by atoms with E-state index in [9.17, 15) is 0 Å². The second kappa shape index (κ2) is 13.4. The van der Waals surface area contributed by atoms with Crippen molar-refractivity contribution in [3.63, 3.8) is 0 Å². The minimum Gasteiger partial charge on any atom is -0.309 e. The molecule has 0 unspecified atom stereocenters. The van der Waals surface area contributed by atoms with Crippen LogP contribution in [-0.2, 0) is 5.41 Å². The van der Waals surface area contributed by atoms with Crippen LogP contribution in [0, 0.1) is 0 Å². The van der Waals surface area contributed by atoms with Gasteiger partial charge in [0.15, 0.2) is 0 Å². The number of thiophene rings is 1. The van der Waals surface area contributed by atoms with Crippen molar-refractivity contribution >= 4 is 70.1 Å². The van der Waals surface area contributed by atoms with Gasteiger partial charge in [-0.15, -0.1) is 11.3 Å². The Bertz CT molecular complexity index is 3340. The zero-order valence-electron chi connectivity index (χ0n) is 32.2. The predicted octanol–water partition coefficient (Wildman–Crippen LogP) is 15.9. The van der Waals surface area contributed by atoms with Crippen molar-refractivity contribution in [3.8, 4) is 22.3 Å². The highest BCUT2D eigenvalue weighted by molar-refractivity contribution is 7.26. The molecule has 0 N–H and O–H groups in total. The van der Waals surface area contributed by atoms with Crippen LogP contribution >= 0.6 is 11.3 Å². The van der Waals surface area contributed by atoms with Gasteiger partial charge in [-0.3, -0.25) is 0 Å². The molecule has 11 aromatic rings. The molecule has 1 aliphatic carbocycles. The lowest BCUT2D eigenvalue weighted by atomic mass is 9.67. The first-order valence-corrected chi connectivity index (χ1v) is 21.2. The lowest BCUT2D eigenvalue weighted by molar-refractivity contribution is 0.769. The van der Waals surface area contributed by atoms with Gasteiger partial charge in [-0.1, -0.05) is 182 Å². The fourth-order valence-corrected chi connectivity index (χ4v) is 11.2. The van der Waals surface area contributed by atoms with Crippen LogP contribution in [0.5, 0.6) is 0 Å². The molecular weight excluding hydrogens is 731 g/mol. The Morgan fingerprint density at radius 1 is 0.356 bits per heavy atom. The lowest BCUT2D eigenvalue weighted by Crippen LogP contribution is -2.28. The van der Waals surface area contributed by atoms with E-state index in [1.54, 1.807) is 0 Å². The third-order valence-electron chi connectivity index (χ3n) is 12.5. The highest BCUT2D eigenvalue weighted by atomic mass is 32.1. The first-order valence-electron chi connectivity index (χ1n) is 20.3. The molecule has 0 saturated carbocycles. The van der Waals surface area contributed by atoms with Gasteiger partial charge in [0.1, 0.15) is 0 Å². The summed E-state index contributed by atoms with van der Waals surface area (Å²) in [5.41, 5.74) is 13.3. The molecule has 0 fully saturated rings. The summed E-state index contributed by atoms with van der Waals surface area (Å²) in [6, 6.07) is 83.0. The Morgan fingerprint density at radius 2 is 0.949 bits per heavy atom. The van der Waals surface area contributed by atoms with E-state index in [-0.39, 0.29) is 0 Å². The van der Waals surface area contributed by atoms with Crippen molar-refractivity contribution in [3.05, 3.63) is 247 Å². The van der Waals surface area contributed by atoms with E-state index >= 15 is 0 Å². The van der Waals surface area contributed by atoms with Crippen molar-refractivity contribution in [1.82, 2.24) is 0 Å². The molecular formula is C57H37NS. The van der Waals surface area contributed by atoms with Crippen LogP contribution < -0.4 is 4.90 Å². The third-order valence-corrected chi connectivity index (χ3v) is 13.7. The Hall–Kier alpha value is -7.26. The zero-order valence-corrected chi connectivity index (χ0v) is 33.0. The van der Waals surface area contributed by atoms with Gasteiger partial charge < -0.3 is 4.90 Å². The van der Waals surface area contributed by atoms with Gasteiger partial charge in [0.05, 0.1) is 16.8 Å². The summed E-state index contributed by atoms with van der Waals surface area (Å²) in [6.07, 6.45) is 0. The number of rotatable bonds is 6. The molecule has 276 valence electrons. The highest BCUT2D eigenvalue weighted by Crippen LogP contribution is 2.57. The molecule has 0 bridgehead atoms. The van der Waals surface area contributed by atoms with Crippen molar-refractivity contribution in [2.45, 2.75) is 5.41 Å². The van der Waals surface area contributed by atoms with Gasteiger partial charge in [-0.05, 0) is 92.4 Å². The normalized spacial score (nSPS) is 12.9. The summed E-state index contributed by atoms with van der Waals surface area (Å²) in [5, 5.41) is 7.51. The lowest BCUT2D eigenvalue weighted by Gasteiger charge is -2.34. The van der Waals surface area contributed by atoms with E-state index < -0.39 is 5.41 Å². The van der Waals surface area contributed by atoms with Crippen LogP contribution in [0.3, 0.4) is 0 Å². The van der Waals surface area contributed by atoms with E-state index in [0.717, 1.165) is 5.69 Å². The summed E-state index contributed by atoms with van der Waals surface area (Å²) in [7, 11) is 0. The molecule has 0 saturated heterocycles. The zero-order chi connectivity index (χ0) is 38.9. The van der Waals surface area contributed by atoms with E-state index in [2.05, 4.69) is 229 Å². The number of benzene rings is 10. The third kappa shape index (κ3) is 5.10. The van der Waals surface area contributed by atoms with Crippen molar-refractivity contribution in [2.75, 3.05) is 4.90 Å². The molecule has 0 radical (unpaired) electrons. The maximum atomic E-state index is 2.48. The molecule has 1 heterocycles. The minimum atomic E-state index is -0.444. The summed E-state index contributed by atoms with van der Waals surface area (Å²) in [6.45, 7) is 0. The number of hydrogen-bond donors (Lipinski definition) is 0. The molecule has 10 aromatic carbocycles. The van der Waals surface area contributed by atoms with Crippen LogP contribution in [0.2, 0.25) is 0 Å². The smallest absolute Gasteiger partial charge is 0.0713 e. The maximum Gasteiger partial charge on any atom is 0.0713 e. The van der Waals surface area contributed by atoms with Crippen LogP contribution in [0.25, 0.3) is 64.0 Å². The first kappa shape index (κ1) is 33.8. The quantitative estimate of drug-likeness (QED) is 0.163. The fraction of sp³-hybridized carbons (Fsp3) is 0.0175. The molecule has 1 nitrogen and oxygen atoms in total. The van der Waals surface area contributed by atoms with Gasteiger partial charge in [-0.25, -0.2) is 0 Å². The van der Waals surface area contributed by atoms with Gasteiger partial charge in [0.2, 0.25) is 0 Å². The summed E-state index contributed by atoms with van der Waals surface area (Å²) in [4.78, 5) is 2.46. The van der Waals surface area contributed by atoms with Crippen LogP contribution in [0.4, 0.5) is 17.1 Å². The van der Waals surface area contributed by atoms with E-state index in [1.165, 1.54) is 97.6 Å². The summed E-state index contributed by atoms with van der Waals surface area (Å²) in [5.74, 6) is 0. The number of para-hydroxylation sites is 1. The molecule has 1 aromatic heterocycles. The fourth-order valence-electron chi connectivity index (χ4n) is 9.96. The molecule has 0 aliphatic heterocycles. The molecule has 1 aliphatic rings. The minimum absolute atomic E-state index is 0.444. The van der Waals surface area contributed by atoms with Gasteiger partial charge in [-0.2, -0.15) is 0 Å². The van der Waals surface area contributed by atoms with Crippen molar-refractivity contribution in [2.24, 2.45) is 0 Å². The monoisotopic (exact) mass is 767 g/mol.